The first-order valence-corrected chi connectivity index (χ1v) is 7.85. The highest BCUT2D eigenvalue weighted by Gasteiger charge is 2.51. The number of nitrogens with one attached hydrogen (secondary N) is 1. The fourth-order valence-corrected chi connectivity index (χ4v) is 3.66. The Hall–Kier alpha value is -1.39. The SMILES string of the molecule is CNC(CN1CCC(c2ccccc2)C1)(C(=O)O)C1CC1. The third kappa shape index (κ3) is 2.83. The Bertz CT molecular complexity index is 501. The third-order valence-corrected chi connectivity index (χ3v) is 5.12. The Morgan fingerprint density at radius 1 is 1.33 bits per heavy atom. The van der Waals surface area contributed by atoms with E-state index in [9.17, 15) is 9.90 Å². The van der Waals surface area contributed by atoms with E-state index in [0.29, 0.717) is 12.5 Å². The van der Waals surface area contributed by atoms with Crippen molar-refractivity contribution in [1.82, 2.24) is 10.2 Å². The predicted molar refractivity (Wildman–Crippen MR) is 82.4 cm³/mol. The molecule has 2 aliphatic rings. The summed E-state index contributed by atoms with van der Waals surface area (Å²) in [6.07, 6.45) is 3.18. The highest BCUT2D eigenvalue weighted by Crippen LogP contribution is 2.41. The molecule has 4 nitrogen and oxygen atoms in total. The number of carboxylic acid groups (broad SMARTS) is 1. The minimum atomic E-state index is -0.758. The first-order chi connectivity index (χ1) is 10.2. The topological polar surface area (TPSA) is 52.6 Å². The quantitative estimate of drug-likeness (QED) is 0.840. The van der Waals surface area contributed by atoms with Crippen molar-refractivity contribution in [2.24, 2.45) is 5.92 Å². The van der Waals surface area contributed by atoms with Crippen LogP contribution >= 0.6 is 0 Å². The van der Waals surface area contributed by atoms with Gasteiger partial charge in [-0.1, -0.05) is 30.3 Å². The molecule has 1 aliphatic carbocycles. The second-order valence-electron chi connectivity index (χ2n) is 6.43. The number of carboxylic acids is 1. The molecule has 1 aromatic carbocycles. The van der Waals surface area contributed by atoms with Crippen molar-refractivity contribution in [2.75, 3.05) is 26.7 Å². The summed E-state index contributed by atoms with van der Waals surface area (Å²) in [4.78, 5) is 14.1. The second kappa shape index (κ2) is 5.78. The van der Waals surface area contributed by atoms with E-state index in [1.54, 1.807) is 7.05 Å². The zero-order valence-corrected chi connectivity index (χ0v) is 12.6. The van der Waals surface area contributed by atoms with Crippen molar-refractivity contribution in [1.29, 1.82) is 0 Å². The van der Waals surface area contributed by atoms with Gasteiger partial charge in [0.25, 0.3) is 0 Å². The van der Waals surface area contributed by atoms with E-state index in [1.807, 2.05) is 6.07 Å². The molecule has 0 spiro atoms. The van der Waals surface area contributed by atoms with E-state index >= 15 is 0 Å². The molecular formula is C17H24N2O2. The summed E-state index contributed by atoms with van der Waals surface area (Å²) in [6, 6.07) is 10.6. The predicted octanol–water partition coefficient (Wildman–Crippen LogP) is 1.93. The average molecular weight is 288 g/mol. The van der Waals surface area contributed by atoms with Crippen molar-refractivity contribution >= 4 is 5.97 Å². The van der Waals surface area contributed by atoms with Gasteiger partial charge in [-0.3, -0.25) is 4.79 Å². The van der Waals surface area contributed by atoms with Crippen molar-refractivity contribution < 1.29 is 9.90 Å². The number of benzene rings is 1. The Balaban J connectivity index is 1.67. The number of likely N-dealkylation sites (tertiary alicyclic amines) is 1. The van der Waals surface area contributed by atoms with Gasteiger partial charge in [0.2, 0.25) is 0 Å². The van der Waals surface area contributed by atoms with Crippen LogP contribution in [0.1, 0.15) is 30.7 Å². The number of hydrogen-bond donors (Lipinski definition) is 2. The molecule has 0 radical (unpaired) electrons. The summed E-state index contributed by atoms with van der Waals surface area (Å²) in [5, 5.41) is 12.8. The average Bonchev–Trinajstić information content (AvgIpc) is 3.25. The summed E-state index contributed by atoms with van der Waals surface area (Å²) in [5.74, 6) is 0.125. The molecule has 3 rings (SSSR count). The van der Waals surface area contributed by atoms with Crippen molar-refractivity contribution in [3.05, 3.63) is 35.9 Å². The molecule has 2 atom stereocenters. The van der Waals surface area contributed by atoms with E-state index in [-0.39, 0.29) is 5.92 Å². The minimum Gasteiger partial charge on any atom is -0.480 e. The summed E-state index contributed by atoms with van der Waals surface area (Å²) < 4.78 is 0. The van der Waals surface area contributed by atoms with Crippen LogP contribution in [0.25, 0.3) is 0 Å². The lowest BCUT2D eigenvalue weighted by atomic mass is 9.92. The summed E-state index contributed by atoms with van der Waals surface area (Å²) in [6.45, 7) is 2.57. The Labute approximate surface area is 126 Å². The zero-order chi connectivity index (χ0) is 14.9. The lowest BCUT2D eigenvalue weighted by Crippen LogP contribution is -2.59. The zero-order valence-electron chi connectivity index (χ0n) is 12.6. The lowest BCUT2D eigenvalue weighted by molar-refractivity contribution is -0.146. The largest absolute Gasteiger partial charge is 0.480 e. The maximum atomic E-state index is 11.8. The highest BCUT2D eigenvalue weighted by atomic mass is 16.4. The van der Waals surface area contributed by atoms with Crippen LogP contribution < -0.4 is 5.32 Å². The van der Waals surface area contributed by atoms with Gasteiger partial charge in [0.05, 0.1) is 0 Å². The van der Waals surface area contributed by atoms with Crippen LogP contribution in [0.3, 0.4) is 0 Å². The molecular weight excluding hydrogens is 264 g/mol. The smallest absolute Gasteiger partial charge is 0.325 e. The van der Waals surface area contributed by atoms with Crippen LogP contribution in [0.2, 0.25) is 0 Å². The number of hydrogen-bond acceptors (Lipinski definition) is 3. The van der Waals surface area contributed by atoms with E-state index < -0.39 is 11.5 Å². The van der Waals surface area contributed by atoms with Crippen LogP contribution in [-0.2, 0) is 4.79 Å². The van der Waals surface area contributed by atoms with Gasteiger partial charge in [-0.25, -0.2) is 0 Å². The van der Waals surface area contributed by atoms with Gasteiger partial charge in [-0.2, -0.15) is 0 Å². The number of likely N-dealkylation sites (N-methyl/N-ethyl adjacent to an activating group) is 1. The van der Waals surface area contributed by atoms with Gasteiger partial charge in [-0.05, 0) is 50.3 Å². The lowest BCUT2D eigenvalue weighted by Gasteiger charge is -2.33. The minimum absolute atomic E-state index is 0.288. The Morgan fingerprint density at radius 3 is 2.62 bits per heavy atom. The van der Waals surface area contributed by atoms with Gasteiger partial charge in [0, 0.05) is 13.1 Å². The molecule has 2 fully saturated rings. The fraction of sp³-hybridized carbons (Fsp3) is 0.588. The van der Waals surface area contributed by atoms with Crippen molar-refractivity contribution in [3.63, 3.8) is 0 Å². The van der Waals surface area contributed by atoms with Gasteiger partial charge < -0.3 is 15.3 Å². The van der Waals surface area contributed by atoms with Gasteiger partial charge in [0.1, 0.15) is 5.54 Å². The molecule has 2 N–H and O–H groups in total. The van der Waals surface area contributed by atoms with Crippen LogP contribution in [0.5, 0.6) is 0 Å². The van der Waals surface area contributed by atoms with Gasteiger partial charge in [-0.15, -0.1) is 0 Å². The van der Waals surface area contributed by atoms with E-state index in [1.165, 1.54) is 5.56 Å². The Kier molecular flexibility index (Phi) is 4.00. The molecule has 1 saturated heterocycles. The number of aliphatic carboxylic acids is 1. The summed E-state index contributed by atoms with van der Waals surface area (Å²) in [5.41, 5.74) is 0.614. The van der Waals surface area contributed by atoms with Crippen LogP contribution in [0.4, 0.5) is 0 Å². The molecule has 0 aromatic heterocycles. The van der Waals surface area contributed by atoms with Crippen molar-refractivity contribution in [3.8, 4) is 0 Å². The highest BCUT2D eigenvalue weighted by molar-refractivity contribution is 5.80. The molecule has 0 bridgehead atoms. The number of nitrogens with zero attached hydrogens (tertiary/aromatic N) is 1. The molecule has 4 heteroatoms. The molecule has 114 valence electrons. The summed E-state index contributed by atoms with van der Waals surface area (Å²) in [7, 11) is 1.79. The molecule has 1 heterocycles. The third-order valence-electron chi connectivity index (χ3n) is 5.12. The van der Waals surface area contributed by atoms with E-state index in [4.69, 9.17) is 0 Å². The normalized spacial score (nSPS) is 25.7. The van der Waals surface area contributed by atoms with Crippen molar-refractivity contribution in [2.45, 2.75) is 30.7 Å². The second-order valence-corrected chi connectivity index (χ2v) is 6.43. The van der Waals surface area contributed by atoms with Crippen LogP contribution in [0, 0.1) is 5.92 Å². The maximum absolute atomic E-state index is 11.8. The molecule has 2 unspecified atom stereocenters. The molecule has 1 aromatic rings. The fourth-order valence-electron chi connectivity index (χ4n) is 3.66. The van der Waals surface area contributed by atoms with Crippen LogP contribution in [-0.4, -0.2) is 48.2 Å². The van der Waals surface area contributed by atoms with E-state index in [2.05, 4.69) is 34.5 Å². The van der Waals surface area contributed by atoms with Gasteiger partial charge in [0.15, 0.2) is 0 Å². The maximum Gasteiger partial charge on any atom is 0.325 e. The standard InChI is InChI=1S/C17H24N2O2/c1-18-17(16(20)21,15-7-8-15)12-19-10-9-14(11-19)13-5-3-2-4-6-13/h2-6,14-15,18H,7-12H2,1H3,(H,20,21). The Morgan fingerprint density at radius 2 is 2.05 bits per heavy atom. The van der Waals surface area contributed by atoms with Crippen LogP contribution in [0.15, 0.2) is 30.3 Å². The monoisotopic (exact) mass is 288 g/mol. The molecule has 21 heavy (non-hydrogen) atoms. The number of rotatable bonds is 6. The molecule has 1 aliphatic heterocycles. The first-order valence-electron chi connectivity index (χ1n) is 7.85. The molecule has 1 saturated carbocycles. The first kappa shape index (κ1) is 14.5. The van der Waals surface area contributed by atoms with E-state index in [0.717, 1.165) is 32.4 Å². The van der Waals surface area contributed by atoms with Gasteiger partial charge >= 0.3 is 5.97 Å². The summed E-state index contributed by atoms with van der Waals surface area (Å²) >= 11 is 0. The molecule has 0 amide bonds. The number of carbonyl (C=O) groups is 1.